The smallest absolute Gasteiger partial charge is 0.217 e. The van der Waals surface area contributed by atoms with Crippen LogP contribution in [0.4, 0.5) is 4.39 Å². The fourth-order valence-corrected chi connectivity index (χ4v) is 2.75. The van der Waals surface area contributed by atoms with Gasteiger partial charge in [-0.25, -0.2) is 4.39 Å². The molecular weight excluding hydrogens is 361 g/mol. The van der Waals surface area contributed by atoms with E-state index in [0.29, 0.717) is 31.3 Å². The Labute approximate surface area is 166 Å². The van der Waals surface area contributed by atoms with Gasteiger partial charge in [0, 0.05) is 0 Å². The highest BCUT2D eigenvalue weighted by Gasteiger charge is 2.25. The highest BCUT2D eigenvalue weighted by atomic mass is 19.1. The van der Waals surface area contributed by atoms with Crippen molar-refractivity contribution in [1.82, 2.24) is 4.90 Å². The van der Waals surface area contributed by atoms with Gasteiger partial charge in [-0.1, -0.05) is 25.1 Å². The summed E-state index contributed by atoms with van der Waals surface area (Å²) in [4.78, 5) is 2.18. The van der Waals surface area contributed by atoms with Gasteiger partial charge in [0.05, 0.1) is 19.8 Å². The summed E-state index contributed by atoms with van der Waals surface area (Å²) in [6.45, 7) is 8.49. The molecule has 1 aromatic heterocycles. The molecule has 0 bridgehead atoms. The zero-order valence-electron chi connectivity index (χ0n) is 16.9. The molecule has 1 aliphatic rings. The molecule has 0 amide bonds. The lowest BCUT2D eigenvalue weighted by Crippen LogP contribution is -2.11. The highest BCUT2D eigenvalue weighted by Crippen LogP contribution is 2.32. The Bertz CT molecular complexity index is 693. The largest absolute Gasteiger partial charge is 0.458 e. The van der Waals surface area contributed by atoms with Crippen LogP contribution in [-0.4, -0.2) is 45.4 Å². The van der Waals surface area contributed by atoms with Crippen molar-refractivity contribution in [3.05, 3.63) is 72.0 Å². The van der Waals surface area contributed by atoms with E-state index >= 15 is 0 Å². The third kappa shape index (κ3) is 6.87. The second-order valence-electron chi connectivity index (χ2n) is 6.67. The lowest BCUT2D eigenvalue weighted by molar-refractivity contribution is -0.0607. The number of benzene rings is 1. The average Bonchev–Trinajstić information content (AvgIpc) is 3.35. The monoisotopic (exact) mass is 391 g/mol. The Morgan fingerprint density at radius 1 is 1.18 bits per heavy atom. The number of ether oxygens (including phenoxy) is 3. The van der Waals surface area contributed by atoms with E-state index in [4.69, 9.17) is 18.6 Å². The van der Waals surface area contributed by atoms with E-state index in [-0.39, 0.29) is 5.82 Å². The van der Waals surface area contributed by atoms with Gasteiger partial charge < -0.3 is 23.5 Å². The Kier molecular flexibility index (Phi) is 9.37. The van der Waals surface area contributed by atoms with Crippen molar-refractivity contribution in [3.63, 3.8) is 0 Å². The van der Waals surface area contributed by atoms with Gasteiger partial charge >= 0.3 is 0 Å². The molecule has 1 unspecified atom stereocenters. The van der Waals surface area contributed by atoms with Crippen molar-refractivity contribution in [2.24, 2.45) is 0 Å². The van der Waals surface area contributed by atoms with Gasteiger partial charge in [0.25, 0.3) is 0 Å². The van der Waals surface area contributed by atoms with Crippen LogP contribution in [0, 0.1) is 5.82 Å². The number of rotatable bonds is 8. The number of nitrogens with zero attached hydrogens (tertiary/aromatic N) is 1. The Hall–Kier alpha value is -1.99. The van der Waals surface area contributed by atoms with Crippen LogP contribution in [0.2, 0.25) is 0 Å². The molecule has 1 saturated heterocycles. The molecule has 1 aromatic carbocycles. The SMILES string of the molecule is C=CCOC(c1ccc(F)cc1)c1ccc(C2OCCO2)o1.CCCN(C)C. The first-order chi connectivity index (χ1) is 13.5. The lowest BCUT2D eigenvalue weighted by atomic mass is 10.1. The quantitative estimate of drug-likeness (QED) is 0.610. The number of halogens is 1. The van der Waals surface area contributed by atoms with Crippen molar-refractivity contribution in [2.75, 3.05) is 40.5 Å². The molecule has 1 fully saturated rings. The third-order valence-corrected chi connectivity index (χ3v) is 3.98. The average molecular weight is 391 g/mol. The second-order valence-corrected chi connectivity index (χ2v) is 6.67. The topological polar surface area (TPSA) is 44.1 Å². The van der Waals surface area contributed by atoms with Crippen molar-refractivity contribution < 1.29 is 23.0 Å². The molecule has 2 aromatic rings. The molecule has 1 aliphatic heterocycles. The van der Waals surface area contributed by atoms with Crippen LogP contribution in [-0.2, 0) is 14.2 Å². The van der Waals surface area contributed by atoms with Gasteiger partial charge in [0.1, 0.15) is 17.7 Å². The minimum atomic E-state index is -0.470. The molecule has 0 N–H and O–H groups in total. The van der Waals surface area contributed by atoms with Crippen LogP contribution in [0.3, 0.4) is 0 Å². The first kappa shape index (κ1) is 22.3. The summed E-state index contributed by atoms with van der Waals surface area (Å²) in [5.41, 5.74) is 0.803. The zero-order valence-corrected chi connectivity index (χ0v) is 16.9. The van der Waals surface area contributed by atoms with Gasteiger partial charge in [-0.2, -0.15) is 0 Å². The van der Waals surface area contributed by atoms with Gasteiger partial charge in [0.2, 0.25) is 6.29 Å². The molecule has 0 spiro atoms. The zero-order chi connectivity index (χ0) is 20.4. The van der Waals surface area contributed by atoms with Crippen molar-refractivity contribution in [3.8, 4) is 0 Å². The third-order valence-electron chi connectivity index (χ3n) is 3.98. The molecule has 2 heterocycles. The minimum Gasteiger partial charge on any atom is -0.458 e. The Morgan fingerprint density at radius 3 is 2.39 bits per heavy atom. The fraction of sp³-hybridized carbons (Fsp3) is 0.455. The first-order valence-electron chi connectivity index (χ1n) is 9.50. The van der Waals surface area contributed by atoms with E-state index in [9.17, 15) is 4.39 Å². The maximum Gasteiger partial charge on any atom is 0.217 e. The number of hydrogen-bond acceptors (Lipinski definition) is 5. The van der Waals surface area contributed by atoms with Gasteiger partial charge in [-0.3, -0.25) is 0 Å². The summed E-state index contributed by atoms with van der Waals surface area (Å²) in [6, 6.07) is 9.76. The van der Waals surface area contributed by atoms with Crippen molar-refractivity contribution in [2.45, 2.75) is 25.7 Å². The van der Waals surface area contributed by atoms with Crippen LogP contribution in [0.25, 0.3) is 0 Å². The molecule has 154 valence electrons. The lowest BCUT2D eigenvalue weighted by Gasteiger charge is -2.15. The van der Waals surface area contributed by atoms with Crippen LogP contribution in [0.1, 0.15) is 42.8 Å². The predicted molar refractivity (Wildman–Crippen MR) is 107 cm³/mol. The van der Waals surface area contributed by atoms with E-state index in [1.807, 2.05) is 6.07 Å². The normalized spacial score (nSPS) is 15.3. The molecule has 0 radical (unpaired) electrons. The molecule has 28 heavy (non-hydrogen) atoms. The van der Waals surface area contributed by atoms with Gasteiger partial charge in [-0.05, 0) is 56.9 Å². The van der Waals surface area contributed by atoms with E-state index in [1.54, 1.807) is 24.3 Å². The number of hydrogen-bond donors (Lipinski definition) is 0. The molecule has 5 nitrogen and oxygen atoms in total. The summed E-state index contributed by atoms with van der Waals surface area (Å²) in [7, 11) is 4.17. The molecule has 6 heteroatoms. The Balaban J connectivity index is 0.000000409. The van der Waals surface area contributed by atoms with E-state index in [1.165, 1.54) is 25.1 Å². The Morgan fingerprint density at radius 2 is 1.86 bits per heavy atom. The van der Waals surface area contributed by atoms with E-state index in [0.717, 1.165) is 5.56 Å². The summed E-state index contributed by atoms with van der Waals surface area (Å²) in [5, 5.41) is 0. The molecule has 3 rings (SSSR count). The van der Waals surface area contributed by atoms with E-state index < -0.39 is 12.4 Å². The number of furan rings is 1. The maximum absolute atomic E-state index is 13.1. The van der Waals surface area contributed by atoms with Gasteiger partial charge in [0.15, 0.2) is 5.76 Å². The highest BCUT2D eigenvalue weighted by molar-refractivity contribution is 5.26. The summed E-state index contributed by atoms with van der Waals surface area (Å²) in [5.74, 6) is 0.920. The molecular formula is C22H30FNO4. The summed E-state index contributed by atoms with van der Waals surface area (Å²) < 4.78 is 35.5. The standard InChI is InChI=1S/C17H17FO4.C5H13N/c1-2-9-19-16(12-3-5-13(18)6-4-12)14-7-8-15(22-14)17-20-10-11-21-17;1-4-5-6(2)3/h2-8,16-17H,1,9-11H2;4-5H2,1-3H3. The summed E-state index contributed by atoms with van der Waals surface area (Å²) >= 11 is 0. The van der Waals surface area contributed by atoms with Crippen molar-refractivity contribution >= 4 is 0 Å². The minimum absolute atomic E-state index is 0.292. The molecule has 0 saturated carbocycles. The van der Waals surface area contributed by atoms with Crippen LogP contribution in [0.15, 0.2) is 53.5 Å². The van der Waals surface area contributed by atoms with Crippen LogP contribution < -0.4 is 0 Å². The second kappa shape index (κ2) is 11.8. The molecule has 0 aliphatic carbocycles. The molecule has 1 atom stereocenters. The first-order valence-corrected chi connectivity index (χ1v) is 9.50. The van der Waals surface area contributed by atoms with Crippen LogP contribution in [0.5, 0.6) is 0 Å². The van der Waals surface area contributed by atoms with E-state index in [2.05, 4.69) is 32.5 Å². The summed E-state index contributed by atoms with van der Waals surface area (Å²) in [6.07, 6.45) is 2.01. The predicted octanol–water partition coefficient (Wildman–Crippen LogP) is 4.71. The van der Waals surface area contributed by atoms with Gasteiger partial charge in [-0.15, -0.1) is 6.58 Å². The fourth-order valence-electron chi connectivity index (χ4n) is 2.75. The van der Waals surface area contributed by atoms with Crippen LogP contribution >= 0.6 is 0 Å². The maximum atomic E-state index is 13.1. The van der Waals surface area contributed by atoms with Crippen molar-refractivity contribution in [1.29, 1.82) is 0 Å².